The number of amides is 3. The van der Waals surface area contributed by atoms with E-state index in [2.05, 4.69) is 5.32 Å². The van der Waals surface area contributed by atoms with Gasteiger partial charge < -0.3 is 15.1 Å². The van der Waals surface area contributed by atoms with Gasteiger partial charge >= 0.3 is 6.03 Å². The van der Waals surface area contributed by atoms with Crippen LogP contribution in [0.3, 0.4) is 0 Å². The summed E-state index contributed by atoms with van der Waals surface area (Å²) in [6.07, 6.45) is 1.39. The zero-order valence-corrected chi connectivity index (χ0v) is 12.6. The van der Waals surface area contributed by atoms with Crippen molar-refractivity contribution < 1.29 is 9.59 Å². The van der Waals surface area contributed by atoms with Gasteiger partial charge in [0.2, 0.25) is 5.91 Å². The Kier molecular flexibility index (Phi) is 3.76. The van der Waals surface area contributed by atoms with E-state index in [1.807, 2.05) is 24.3 Å². The van der Waals surface area contributed by atoms with E-state index in [1.165, 1.54) is 0 Å². The highest BCUT2D eigenvalue weighted by Crippen LogP contribution is 2.32. The molecule has 0 aromatic heterocycles. The molecule has 2 fully saturated rings. The molecule has 0 saturated carbocycles. The number of halogens is 1. The first kappa shape index (κ1) is 14.2. The van der Waals surface area contributed by atoms with Gasteiger partial charge in [0.25, 0.3) is 0 Å². The third kappa shape index (κ3) is 2.70. The fraction of sp³-hybridized carbons (Fsp3) is 0.467. The Morgan fingerprint density at radius 1 is 1.29 bits per heavy atom. The number of likely N-dealkylation sites (N-methyl/N-ethyl adjacent to an activating group) is 1. The summed E-state index contributed by atoms with van der Waals surface area (Å²) in [5.74, 6) is 0.0452. The van der Waals surface area contributed by atoms with Crippen LogP contribution in [0.25, 0.3) is 0 Å². The van der Waals surface area contributed by atoms with Crippen molar-refractivity contribution in [3.8, 4) is 0 Å². The fourth-order valence-electron chi connectivity index (χ4n) is 2.88. The summed E-state index contributed by atoms with van der Waals surface area (Å²) < 4.78 is 0. The molecule has 3 rings (SSSR count). The molecule has 0 unspecified atom stereocenters. The number of hydrogen-bond acceptors (Lipinski definition) is 2. The average Bonchev–Trinajstić information content (AvgIpc) is 2.64. The van der Waals surface area contributed by atoms with Gasteiger partial charge in [-0.25, -0.2) is 4.79 Å². The molecule has 2 heterocycles. The van der Waals surface area contributed by atoms with E-state index in [4.69, 9.17) is 11.6 Å². The predicted molar refractivity (Wildman–Crippen MR) is 80.1 cm³/mol. The highest BCUT2D eigenvalue weighted by Gasteiger charge is 2.40. The van der Waals surface area contributed by atoms with Crippen LogP contribution >= 0.6 is 11.6 Å². The topological polar surface area (TPSA) is 52.7 Å². The van der Waals surface area contributed by atoms with Crippen LogP contribution in [0, 0.1) is 0 Å². The lowest BCUT2D eigenvalue weighted by Gasteiger charge is -2.33. The second kappa shape index (κ2) is 5.56. The Hall–Kier alpha value is -1.75. The second-order valence-corrected chi connectivity index (χ2v) is 6.04. The van der Waals surface area contributed by atoms with Crippen LogP contribution in [0.15, 0.2) is 24.3 Å². The van der Waals surface area contributed by atoms with Crippen molar-refractivity contribution in [2.75, 3.05) is 20.1 Å². The number of benzene rings is 1. The van der Waals surface area contributed by atoms with Crippen molar-refractivity contribution in [1.29, 1.82) is 0 Å². The van der Waals surface area contributed by atoms with E-state index in [0.717, 1.165) is 25.1 Å². The molecule has 2 aliphatic rings. The van der Waals surface area contributed by atoms with Crippen LogP contribution in [0.1, 0.15) is 24.4 Å². The average molecular weight is 308 g/mol. The summed E-state index contributed by atoms with van der Waals surface area (Å²) in [7, 11) is 1.78. The fourth-order valence-corrected chi connectivity index (χ4v) is 3.01. The third-order valence-electron chi connectivity index (χ3n) is 4.25. The van der Waals surface area contributed by atoms with Crippen molar-refractivity contribution in [3.63, 3.8) is 0 Å². The first-order chi connectivity index (χ1) is 10.1. The van der Waals surface area contributed by atoms with Crippen LogP contribution in [0.2, 0.25) is 5.02 Å². The van der Waals surface area contributed by atoms with Gasteiger partial charge in [0.05, 0.1) is 12.1 Å². The highest BCUT2D eigenvalue weighted by molar-refractivity contribution is 6.30. The molecule has 112 valence electrons. The molecule has 21 heavy (non-hydrogen) atoms. The van der Waals surface area contributed by atoms with Gasteiger partial charge in [0.1, 0.15) is 0 Å². The molecule has 5 nitrogen and oxygen atoms in total. The lowest BCUT2D eigenvalue weighted by Crippen LogP contribution is -2.51. The zero-order chi connectivity index (χ0) is 15.0. The van der Waals surface area contributed by atoms with Gasteiger partial charge in [0, 0.05) is 31.6 Å². The molecule has 3 amide bonds. The lowest BCUT2D eigenvalue weighted by molar-refractivity contribution is -0.127. The summed E-state index contributed by atoms with van der Waals surface area (Å²) in [6, 6.07) is 7.02. The number of carbonyl (C=O) groups excluding carboxylic acids is 2. The minimum absolute atomic E-state index is 0.0452. The van der Waals surface area contributed by atoms with Crippen molar-refractivity contribution >= 4 is 23.5 Å². The summed E-state index contributed by atoms with van der Waals surface area (Å²) in [4.78, 5) is 27.6. The predicted octanol–water partition coefficient (Wildman–Crippen LogP) is 2.03. The summed E-state index contributed by atoms with van der Waals surface area (Å²) in [5.41, 5.74) is 0.988. The quantitative estimate of drug-likeness (QED) is 0.909. The van der Waals surface area contributed by atoms with E-state index in [1.54, 1.807) is 16.8 Å². The molecule has 0 radical (unpaired) electrons. The van der Waals surface area contributed by atoms with E-state index >= 15 is 0 Å². The van der Waals surface area contributed by atoms with E-state index < -0.39 is 0 Å². The number of nitrogens with one attached hydrogen (secondary N) is 1. The molecular formula is C15H18ClN3O2. The van der Waals surface area contributed by atoms with Crippen LogP contribution < -0.4 is 5.32 Å². The van der Waals surface area contributed by atoms with Gasteiger partial charge in [0.15, 0.2) is 0 Å². The van der Waals surface area contributed by atoms with Crippen LogP contribution in [-0.2, 0) is 4.79 Å². The highest BCUT2D eigenvalue weighted by atomic mass is 35.5. The molecule has 0 aliphatic carbocycles. The van der Waals surface area contributed by atoms with Crippen molar-refractivity contribution in [2.24, 2.45) is 0 Å². The standard InChI is InChI=1S/C15H18ClN3O2/c1-18-13(20)9-12(17-15(21)19-7-2-8-19)14(18)10-3-5-11(16)6-4-10/h3-6,12,14H,2,7-9H2,1H3,(H,17,21)/t12-,14+/m0/s1. The maximum absolute atomic E-state index is 12.1. The first-order valence-corrected chi connectivity index (χ1v) is 7.50. The minimum Gasteiger partial charge on any atom is -0.337 e. The Morgan fingerprint density at radius 3 is 2.52 bits per heavy atom. The second-order valence-electron chi connectivity index (χ2n) is 5.60. The molecular weight excluding hydrogens is 290 g/mol. The number of carbonyl (C=O) groups is 2. The van der Waals surface area contributed by atoms with E-state index in [9.17, 15) is 9.59 Å². The van der Waals surface area contributed by atoms with Crippen LogP contribution in [0.5, 0.6) is 0 Å². The van der Waals surface area contributed by atoms with Gasteiger partial charge in [-0.05, 0) is 24.1 Å². The number of rotatable bonds is 2. The van der Waals surface area contributed by atoms with Crippen LogP contribution in [0.4, 0.5) is 4.79 Å². The van der Waals surface area contributed by atoms with Crippen molar-refractivity contribution in [3.05, 3.63) is 34.9 Å². The third-order valence-corrected chi connectivity index (χ3v) is 4.50. The Balaban J connectivity index is 1.78. The molecule has 2 aliphatic heterocycles. The minimum atomic E-state index is -0.197. The molecule has 2 atom stereocenters. The number of urea groups is 1. The van der Waals surface area contributed by atoms with Gasteiger partial charge in [-0.3, -0.25) is 4.79 Å². The SMILES string of the molecule is CN1C(=O)C[C@H](NC(=O)N2CCC2)[C@H]1c1ccc(Cl)cc1. The Labute approximate surface area is 128 Å². The van der Waals surface area contributed by atoms with Crippen molar-refractivity contribution in [2.45, 2.75) is 24.9 Å². The monoisotopic (exact) mass is 307 g/mol. The molecule has 6 heteroatoms. The van der Waals surface area contributed by atoms with Gasteiger partial charge in [-0.15, -0.1) is 0 Å². The van der Waals surface area contributed by atoms with E-state index in [-0.39, 0.29) is 24.0 Å². The normalized spacial score (nSPS) is 25.0. The largest absolute Gasteiger partial charge is 0.337 e. The number of hydrogen-bond donors (Lipinski definition) is 1. The first-order valence-electron chi connectivity index (χ1n) is 7.13. The molecule has 2 saturated heterocycles. The zero-order valence-electron chi connectivity index (χ0n) is 11.9. The Morgan fingerprint density at radius 2 is 1.95 bits per heavy atom. The Bertz CT molecular complexity index is 557. The molecule has 0 spiro atoms. The summed E-state index contributed by atoms with van der Waals surface area (Å²) in [5, 5.41) is 3.66. The molecule has 0 bridgehead atoms. The smallest absolute Gasteiger partial charge is 0.317 e. The maximum Gasteiger partial charge on any atom is 0.317 e. The molecule has 1 aromatic rings. The van der Waals surface area contributed by atoms with Gasteiger partial charge in [-0.1, -0.05) is 23.7 Å². The number of nitrogens with zero attached hydrogens (tertiary/aromatic N) is 2. The van der Waals surface area contributed by atoms with E-state index in [0.29, 0.717) is 11.4 Å². The maximum atomic E-state index is 12.1. The summed E-state index contributed by atoms with van der Waals surface area (Å²) in [6.45, 7) is 1.60. The van der Waals surface area contributed by atoms with Gasteiger partial charge in [-0.2, -0.15) is 0 Å². The number of likely N-dealkylation sites (tertiary alicyclic amines) is 2. The molecule has 1 N–H and O–H groups in total. The lowest BCUT2D eigenvalue weighted by atomic mass is 10.0. The summed E-state index contributed by atoms with van der Waals surface area (Å²) >= 11 is 5.92. The van der Waals surface area contributed by atoms with Crippen LogP contribution in [-0.4, -0.2) is 47.9 Å². The molecule has 1 aromatic carbocycles. The van der Waals surface area contributed by atoms with Crippen molar-refractivity contribution in [1.82, 2.24) is 15.1 Å².